The van der Waals surface area contributed by atoms with Crippen LogP contribution in [-0.2, 0) is 5.41 Å². The van der Waals surface area contributed by atoms with Crippen LogP contribution in [-0.4, -0.2) is 22.8 Å². The molecule has 0 spiro atoms. The van der Waals surface area contributed by atoms with E-state index in [4.69, 9.17) is 4.99 Å². The van der Waals surface area contributed by atoms with Gasteiger partial charge in [-0.25, -0.2) is 0 Å². The van der Waals surface area contributed by atoms with Gasteiger partial charge >= 0.3 is 0 Å². The van der Waals surface area contributed by atoms with Gasteiger partial charge in [0, 0.05) is 30.5 Å². The van der Waals surface area contributed by atoms with Crippen molar-refractivity contribution in [1.29, 1.82) is 0 Å². The second-order valence-electron chi connectivity index (χ2n) is 10.1. The number of nitro benzene ring substituents is 1. The molecule has 4 fully saturated rings. The molecular formula is C25H28N2O3. The molecule has 0 amide bonds. The van der Waals surface area contributed by atoms with E-state index in [0.717, 1.165) is 18.4 Å². The Hall–Kier alpha value is -2.69. The van der Waals surface area contributed by atoms with E-state index in [-0.39, 0.29) is 22.3 Å². The van der Waals surface area contributed by atoms with Gasteiger partial charge in [-0.15, -0.1) is 0 Å². The van der Waals surface area contributed by atoms with Gasteiger partial charge in [0.2, 0.25) is 0 Å². The number of benzene rings is 2. The Bertz CT molecular complexity index is 998. The lowest BCUT2D eigenvalue weighted by atomic mass is 9.43. The first-order valence-electron chi connectivity index (χ1n) is 10.9. The first-order valence-corrected chi connectivity index (χ1v) is 10.9. The van der Waals surface area contributed by atoms with Crippen molar-refractivity contribution in [2.45, 2.75) is 50.9 Å². The smallest absolute Gasteiger partial charge is 0.270 e. The minimum Gasteiger partial charge on any atom is -0.507 e. The molecule has 2 atom stereocenters. The minimum absolute atomic E-state index is 0.0256. The van der Waals surface area contributed by atoms with Gasteiger partial charge in [0.1, 0.15) is 5.75 Å². The van der Waals surface area contributed by atoms with Gasteiger partial charge in [-0.2, -0.15) is 0 Å². The molecule has 4 saturated carbocycles. The van der Waals surface area contributed by atoms with E-state index >= 15 is 0 Å². The summed E-state index contributed by atoms with van der Waals surface area (Å²) in [5.74, 6) is 1.58. The molecule has 0 aromatic heterocycles. The largest absolute Gasteiger partial charge is 0.507 e. The summed E-state index contributed by atoms with van der Waals surface area (Å²) >= 11 is 0. The molecule has 0 saturated heterocycles. The number of phenolic OH excluding ortho intramolecular Hbond substituents is 1. The normalized spacial score (nSPS) is 32.0. The quantitative estimate of drug-likeness (QED) is 0.402. The lowest BCUT2D eigenvalue weighted by Crippen LogP contribution is -2.55. The first kappa shape index (κ1) is 19.3. The fourth-order valence-corrected chi connectivity index (χ4v) is 6.98. The maximum Gasteiger partial charge on any atom is 0.270 e. The molecule has 156 valence electrons. The Morgan fingerprint density at radius 1 is 1.13 bits per heavy atom. The highest BCUT2D eigenvalue weighted by Gasteiger charge is 2.57. The Balaban J connectivity index is 1.40. The molecule has 30 heavy (non-hydrogen) atoms. The molecule has 2 aromatic rings. The molecule has 5 heteroatoms. The summed E-state index contributed by atoms with van der Waals surface area (Å²) in [7, 11) is 0. The Kier molecular flexibility index (Phi) is 4.46. The van der Waals surface area contributed by atoms with Crippen molar-refractivity contribution < 1.29 is 10.0 Å². The van der Waals surface area contributed by atoms with Gasteiger partial charge in [-0.05, 0) is 79.7 Å². The lowest BCUT2D eigenvalue weighted by molar-refractivity contribution is -0.384. The number of phenols is 1. The fraction of sp³-hybridized carbons (Fsp3) is 0.480. The predicted octanol–water partition coefficient (Wildman–Crippen LogP) is 5.57. The monoisotopic (exact) mass is 404 g/mol. The van der Waals surface area contributed by atoms with Crippen molar-refractivity contribution in [3.05, 3.63) is 69.3 Å². The zero-order valence-electron chi connectivity index (χ0n) is 17.4. The zero-order chi connectivity index (χ0) is 20.9. The average Bonchev–Trinajstić information content (AvgIpc) is 2.68. The molecule has 0 heterocycles. The molecular weight excluding hydrogens is 376 g/mol. The third-order valence-electron chi connectivity index (χ3n) is 7.73. The van der Waals surface area contributed by atoms with Crippen LogP contribution >= 0.6 is 0 Å². The highest BCUT2D eigenvalue weighted by Crippen LogP contribution is 2.65. The van der Waals surface area contributed by atoms with Crippen molar-refractivity contribution in [2.75, 3.05) is 6.54 Å². The van der Waals surface area contributed by atoms with E-state index in [1.54, 1.807) is 6.21 Å². The number of non-ortho nitro benzene ring substituents is 1. The van der Waals surface area contributed by atoms with E-state index in [2.05, 4.69) is 31.2 Å². The Morgan fingerprint density at radius 2 is 1.83 bits per heavy atom. The molecule has 0 radical (unpaired) electrons. The summed E-state index contributed by atoms with van der Waals surface area (Å²) in [5.41, 5.74) is 3.68. The van der Waals surface area contributed by atoms with Crippen molar-refractivity contribution in [3.63, 3.8) is 0 Å². The van der Waals surface area contributed by atoms with Crippen molar-refractivity contribution in [1.82, 2.24) is 0 Å². The topological polar surface area (TPSA) is 75.7 Å². The molecule has 0 aliphatic heterocycles. The molecule has 1 N–H and O–H groups in total. The zero-order valence-corrected chi connectivity index (χ0v) is 17.4. The number of rotatable bonds is 5. The summed E-state index contributed by atoms with van der Waals surface area (Å²) in [5, 5.41) is 21.1. The van der Waals surface area contributed by atoms with E-state index < -0.39 is 4.92 Å². The number of nitro groups is 1. The van der Waals surface area contributed by atoms with Gasteiger partial charge in [0.05, 0.1) is 4.92 Å². The fourth-order valence-electron chi connectivity index (χ4n) is 6.98. The van der Waals surface area contributed by atoms with Crippen LogP contribution in [0.3, 0.4) is 0 Å². The molecule has 5 nitrogen and oxygen atoms in total. The average molecular weight is 405 g/mol. The van der Waals surface area contributed by atoms with Crippen molar-refractivity contribution >= 4 is 11.9 Å². The van der Waals surface area contributed by atoms with Crippen LogP contribution in [0.4, 0.5) is 5.69 Å². The molecule has 2 aromatic carbocycles. The maximum atomic E-state index is 11.0. The number of hydrogen-bond acceptors (Lipinski definition) is 4. The summed E-state index contributed by atoms with van der Waals surface area (Å²) in [6, 6.07) is 13.2. The number of hydrogen-bond donors (Lipinski definition) is 1. The van der Waals surface area contributed by atoms with Crippen LogP contribution in [0.2, 0.25) is 0 Å². The van der Waals surface area contributed by atoms with Gasteiger partial charge in [-0.3, -0.25) is 15.1 Å². The summed E-state index contributed by atoms with van der Waals surface area (Å²) in [6.45, 7) is 2.87. The molecule has 4 bridgehead atoms. The van der Waals surface area contributed by atoms with E-state index in [9.17, 15) is 15.2 Å². The third kappa shape index (κ3) is 3.30. The van der Waals surface area contributed by atoms with Crippen LogP contribution in [0.1, 0.15) is 55.2 Å². The summed E-state index contributed by atoms with van der Waals surface area (Å²) in [4.78, 5) is 15.3. The Labute approximate surface area is 177 Å². The molecule has 6 rings (SSSR count). The van der Waals surface area contributed by atoms with Gasteiger partial charge in [0.15, 0.2) is 0 Å². The second-order valence-corrected chi connectivity index (χ2v) is 10.1. The van der Waals surface area contributed by atoms with E-state index in [0.29, 0.717) is 5.56 Å². The number of aliphatic imine (C=N–C) groups is 1. The van der Waals surface area contributed by atoms with Crippen LogP contribution in [0.5, 0.6) is 5.75 Å². The highest BCUT2D eigenvalue weighted by molar-refractivity contribution is 5.84. The van der Waals surface area contributed by atoms with Crippen LogP contribution in [0, 0.1) is 34.3 Å². The van der Waals surface area contributed by atoms with Gasteiger partial charge in [-0.1, -0.05) is 29.8 Å². The van der Waals surface area contributed by atoms with E-state index in [1.807, 2.05) is 0 Å². The SMILES string of the molecule is Cc1ccc(C23CC4CC(CC(CN=Cc5cc([N+](=O)[O-])ccc5O)(C4)C2)C3)cc1. The van der Waals surface area contributed by atoms with E-state index in [1.165, 1.54) is 67.9 Å². The number of aryl methyl sites for hydroxylation is 1. The van der Waals surface area contributed by atoms with Crippen molar-refractivity contribution in [2.24, 2.45) is 22.2 Å². The van der Waals surface area contributed by atoms with Crippen LogP contribution < -0.4 is 0 Å². The molecule has 4 aliphatic rings. The number of nitrogens with zero attached hydrogens (tertiary/aromatic N) is 2. The third-order valence-corrected chi connectivity index (χ3v) is 7.73. The first-order chi connectivity index (χ1) is 14.4. The minimum atomic E-state index is -0.443. The standard InChI is InChI=1S/C25H28N2O3/c1-17-2-4-21(5-3-17)25-12-18-8-19(13-25)11-24(10-18,15-25)16-26-14-20-9-22(27(29)30)6-7-23(20)28/h2-7,9,14,18-19,28H,8,10-13,15-16H2,1H3. The lowest BCUT2D eigenvalue weighted by Gasteiger charge is -2.62. The van der Waals surface area contributed by atoms with Crippen molar-refractivity contribution in [3.8, 4) is 5.75 Å². The summed E-state index contributed by atoms with van der Waals surface area (Å²) < 4.78 is 0. The molecule has 2 unspecified atom stereocenters. The maximum absolute atomic E-state index is 11.0. The second kappa shape index (κ2) is 6.93. The number of aromatic hydroxyl groups is 1. The van der Waals surface area contributed by atoms with Crippen LogP contribution in [0.25, 0.3) is 0 Å². The van der Waals surface area contributed by atoms with Gasteiger partial charge < -0.3 is 5.11 Å². The van der Waals surface area contributed by atoms with Crippen LogP contribution in [0.15, 0.2) is 47.5 Å². The van der Waals surface area contributed by atoms with Gasteiger partial charge in [0.25, 0.3) is 5.69 Å². The summed E-state index contributed by atoms with van der Waals surface area (Å²) in [6.07, 6.45) is 9.21. The Morgan fingerprint density at radius 3 is 2.50 bits per heavy atom. The predicted molar refractivity (Wildman–Crippen MR) is 117 cm³/mol. The highest BCUT2D eigenvalue weighted by atomic mass is 16.6. The molecule has 4 aliphatic carbocycles.